The van der Waals surface area contributed by atoms with Crippen LogP contribution in [0.3, 0.4) is 0 Å². The van der Waals surface area contributed by atoms with Crippen LogP contribution < -0.4 is 10.6 Å². The lowest BCUT2D eigenvalue weighted by atomic mass is 9.88. The molecule has 5 nitrogen and oxygen atoms in total. The Morgan fingerprint density at radius 1 is 1.38 bits per heavy atom. The van der Waals surface area contributed by atoms with E-state index in [1.165, 1.54) is 0 Å². The molecular formula is C16H21ClN4OS2. The van der Waals surface area contributed by atoms with Gasteiger partial charge >= 0.3 is 0 Å². The van der Waals surface area contributed by atoms with Crippen molar-refractivity contribution in [1.82, 2.24) is 15.5 Å². The van der Waals surface area contributed by atoms with Crippen LogP contribution in [0.15, 0.2) is 27.4 Å². The van der Waals surface area contributed by atoms with Gasteiger partial charge in [0.05, 0.1) is 0 Å². The lowest BCUT2D eigenvalue weighted by Crippen LogP contribution is -2.48. The van der Waals surface area contributed by atoms with Gasteiger partial charge in [-0.25, -0.2) is 0 Å². The predicted octanol–water partition coefficient (Wildman–Crippen LogP) is 3.52. The van der Waals surface area contributed by atoms with Gasteiger partial charge in [0, 0.05) is 16.5 Å². The molecule has 2 N–H and O–H groups in total. The van der Waals surface area contributed by atoms with E-state index >= 15 is 0 Å². The summed E-state index contributed by atoms with van der Waals surface area (Å²) in [5.74, 6) is 0.583. The van der Waals surface area contributed by atoms with Crippen molar-refractivity contribution in [2.45, 2.75) is 30.0 Å². The van der Waals surface area contributed by atoms with Crippen molar-refractivity contribution in [2.24, 2.45) is 11.8 Å². The first-order chi connectivity index (χ1) is 11.0. The summed E-state index contributed by atoms with van der Waals surface area (Å²) >= 11 is 3.18. The molecule has 1 saturated heterocycles. The van der Waals surface area contributed by atoms with Crippen LogP contribution >= 0.6 is 35.5 Å². The average Bonchev–Trinajstić information content (AvgIpc) is 2.85. The number of aryl methyl sites for hydroxylation is 2. The molecule has 1 atom stereocenters. The van der Waals surface area contributed by atoms with Gasteiger partial charge in [-0.15, -0.1) is 22.6 Å². The summed E-state index contributed by atoms with van der Waals surface area (Å²) in [5, 5.41) is 15.4. The number of halogens is 1. The Hall–Kier alpha value is -1.15. The Labute approximate surface area is 156 Å². The number of rotatable bonds is 5. The van der Waals surface area contributed by atoms with Crippen LogP contribution in [-0.4, -0.2) is 29.2 Å². The van der Waals surface area contributed by atoms with Gasteiger partial charge in [0.15, 0.2) is 4.34 Å². The Balaban J connectivity index is 0.00000208. The topological polar surface area (TPSA) is 66.9 Å². The van der Waals surface area contributed by atoms with Crippen molar-refractivity contribution >= 4 is 47.1 Å². The molecule has 1 aromatic heterocycles. The van der Waals surface area contributed by atoms with Crippen LogP contribution in [0, 0.1) is 25.7 Å². The van der Waals surface area contributed by atoms with E-state index in [4.69, 9.17) is 0 Å². The zero-order valence-electron chi connectivity index (χ0n) is 13.8. The molecule has 1 aromatic carbocycles. The molecule has 2 heterocycles. The van der Waals surface area contributed by atoms with E-state index in [1.807, 2.05) is 32.9 Å². The van der Waals surface area contributed by atoms with Gasteiger partial charge in [0.2, 0.25) is 5.91 Å². The van der Waals surface area contributed by atoms with Crippen LogP contribution in [0.4, 0.5) is 5.69 Å². The normalized spacial score (nSPS) is 15.3. The highest BCUT2D eigenvalue weighted by Gasteiger charge is 2.28. The first kappa shape index (κ1) is 19.2. The highest BCUT2D eigenvalue weighted by atomic mass is 35.5. The van der Waals surface area contributed by atoms with E-state index in [0.717, 1.165) is 38.6 Å². The monoisotopic (exact) mass is 384 g/mol. The van der Waals surface area contributed by atoms with Crippen molar-refractivity contribution < 1.29 is 4.79 Å². The molecule has 1 aliphatic rings. The minimum atomic E-state index is 0. The van der Waals surface area contributed by atoms with Crippen molar-refractivity contribution in [3.8, 4) is 0 Å². The van der Waals surface area contributed by atoms with Crippen LogP contribution in [0.25, 0.3) is 0 Å². The molecule has 1 fully saturated rings. The molecule has 130 valence electrons. The van der Waals surface area contributed by atoms with E-state index in [2.05, 4.69) is 26.9 Å². The molecule has 0 saturated carbocycles. The first-order valence-corrected chi connectivity index (χ1v) is 9.26. The second-order valence-corrected chi connectivity index (χ2v) is 8.36. The third-order valence-corrected chi connectivity index (χ3v) is 5.98. The number of carbonyl (C=O) groups excluding carboxylic acids is 1. The van der Waals surface area contributed by atoms with Crippen LogP contribution in [0.5, 0.6) is 0 Å². The highest BCUT2D eigenvalue weighted by Crippen LogP contribution is 2.32. The molecule has 1 unspecified atom stereocenters. The van der Waals surface area contributed by atoms with Gasteiger partial charge in [-0.3, -0.25) is 4.79 Å². The maximum Gasteiger partial charge on any atom is 0.227 e. The molecule has 0 spiro atoms. The van der Waals surface area contributed by atoms with Crippen molar-refractivity contribution in [2.75, 3.05) is 18.4 Å². The minimum absolute atomic E-state index is 0. The molecule has 0 aliphatic carbocycles. The molecule has 8 heteroatoms. The van der Waals surface area contributed by atoms with Gasteiger partial charge in [-0.05, 0) is 56.6 Å². The quantitative estimate of drug-likeness (QED) is 0.825. The summed E-state index contributed by atoms with van der Waals surface area (Å²) in [6, 6.07) is 6.06. The summed E-state index contributed by atoms with van der Waals surface area (Å²) in [6.45, 7) is 7.83. The number of benzene rings is 1. The van der Waals surface area contributed by atoms with Gasteiger partial charge in [-0.2, -0.15) is 0 Å². The van der Waals surface area contributed by atoms with Gasteiger partial charge in [0.1, 0.15) is 5.01 Å². The number of nitrogens with one attached hydrogen (secondary N) is 2. The van der Waals surface area contributed by atoms with Crippen LogP contribution in [-0.2, 0) is 4.79 Å². The zero-order valence-corrected chi connectivity index (χ0v) is 16.3. The molecule has 24 heavy (non-hydrogen) atoms. The second kappa shape index (κ2) is 8.29. The Kier molecular flexibility index (Phi) is 6.62. The number of nitrogens with zero attached hydrogens (tertiary/aromatic N) is 2. The average molecular weight is 385 g/mol. The summed E-state index contributed by atoms with van der Waals surface area (Å²) in [6.07, 6.45) is 0. The zero-order chi connectivity index (χ0) is 16.4. The fraction of sp³-hybridized carbons (Fsp3) is 0.438. The summed E-state index contributed by atoms with van der Waals surface area (Å²) < 4.78 is 0.935. The number of amides is 1. The van der Waals surface area contributed by atoms with Crippen molar-refractivity contribution in [3.63, 3.8) is 0 Å². The molecule has 0 bridgehead atoms. The molecule has 1 aliphatic heterocycles. The van der Waals surface area contributed by atoms with Crippen molar-refractivity contribution in [1.29, 1.82) is 0 Å². The largest absolute Gasteiger partial charge is 0.326 e. The smallest absolute Gasteiger partial charge is 0.227 e. The molecule has 1 amide bonds. The van der Waals surface area contributed by atoms with Crippen molar-refractivity contribution in [3.05, 3.63) is 28.8 Å². The third kappa shape index (κ3) is 4.47. The van der Waals surface area contributed by atoms with E-state index in [9.17, 15) is 4.79 Å². The SMILES string of the molecule is Cc1nnc(Sc2ccc(NC(=O)C(C)C3CNC3)c(C)c2)s1.Cl. The third-order valence-electron chi connectivity index (χ3n) is 4.10. The van der Waals surface area contributed by atoms with E-state index < -0.39 is 0 Å². The fourth-order valence-corrected chi connectivity index (χ4v) is 4.27. The molecule has 0 radical (unpaired) electrons. The fourth-order valence-electron chi connectivity index (χ4n) is 2.39. The standard InChI is InChI=1S/C16H20N4OS2.ClH/c1-9-6-13(23-16-20-19-11(3)22-16)4-5-14(9)18-15(21)10(2)12-7-17-8-12;/h4-6,10,12,17H,7-8H2,1-3H3,(H,18,21);1H. The summed E-state index contributed by atoms with van der Waals surface area (Å²) in [7, 11) is 0. The van der Waals surface area contributed by atoms with Gasteiger partial charge in [-0.1, -0.05) is 30.0 Å². The molecule has 3 rings (SSSR count). The number of hydrogen-bond donors (Lipinski definition) is 2. The lowest BCUT2D eigenvalue weighted by Gasteiger charge is -2.31. The lowest BCUT2D eigenvalue weighted by molar-refractivity contribution is -0.121. The van der Waals surface area contributed by atoms with Crippen LogP contribution in [0.2, 0.25) is 0 Å². The molecular weight excluding hydrogens is 364 g/mol. The molecule has 2 aromatic rings. The highest BCUT2D eigenvalue weighted by molar-refractivity contribution is 8.01. The maximum atomic E-state index is 12.3. The maximum absolute atomic E-state index is 12.3. The second-order valence-electron chi connectivity index (χ2n) is 5.86. The number of carbonyl (C=O) groups is 1. The van der Waals surface area contributed by atoms with E-state index in [-0.39, 0.29) is 24.2 Å². The predicted molar refractivity (Wildman–Crippen MR) is 101 cm³/mol. The Morgan fingerprint density at radius 2 is 2.12 bits per heavy atom. The summed E-state index contributed by atoms with van der Waals surface area (Å²) in [4.78, 5) is 13.4. The van der Waals surface area contributed by atoms with Gasteiger partial charge < -0.3 is 10.6 Å². The van der Waals surface area contributed by atoms with E-state index in [0.29, 0.717) is 5.92 Å². The van der Waals surface area contributed by atoms with Crippen LogP contribution in [0.1, 0.15) is 17.5 Å². The number of hydrogen-bond acceptors (Lipinski definition) is 6. The van der Waals surface area contributed by atoms with E-state index in [1.54, 1.807) is 23.1 Å². The number of anilines is 1. The Bertz CT molecular complexity index is 718. The van der Waals surface area contributed by atoms with Gasteiger partial charge in [0.25, 0.3) is 0 Å². The number of aromatic nitrogens is 2. The first-order valence-electron chi connectivity index (χ1n) is 7.63. The minimum Gasteiger partial charge on any atom is -0.326 e. The Morgan fingerprint density at radius 3 is 2.67 bits per heavy atom. The summed E-state index contributed by atoms with van der Waals surface area (Å²) in [5.41, 5.74) is 1.94.